The summed E-state index contributed by atoms with van der Waals surface area (Å²) < 4.78 is 1.69. The van der Waals surface area contributed by atoms with Crippen LogP contribution in [-0.2, 0) is 6.54 Å². The van der Waals surface area contributed by atoms with Gasteiger partial charge in [0, 0.05) is 6.54 Å². The second-order valence-corrected chi connectivity index (χ2v) is 2.75. The van der Waals surface area contributed by atoms with E-state index in [2.05, 4.69) is 11.3 Å². The maximum absolute atomic E-state index is 5.53. The van der Waals surface area contributed by atoms with Gasteiger partial charge in [0.15, 0.2) is 0 Å². The molecule has 0 spiro atoms. The standard InChI is InChI=1S/C10H10N3/c11-8-9-3-1-4-10(7-9)13-6-2-5-12-13/h1-5,7H,8,11H2. The summed E-state index contributed by atoms with van der Waals surface area (Å²) in [5.41, 5.74) is 7.62. The van der Waals surface area contributed by atoms with Crippen LogP contribution >= 0.6 is 0 Å². The molecule has 0 aliphatic carbocycles. The topological polar surface area (TPSA) is 43.8 Å². The lowest BCUT2D eigenvalue weighted by Crippen LogP contribution is -1.99. The Bertz CT molecular complexity index is 379. The number of nitrogens with two attached hydrogens (primary N) is 1. The van der Waals surface area contributed by atoms with Gasteiger partial charge in [0.25, 0.3) is 0 Å². The Morgan fingerprint density at radius 2 is 2.38 bits per heavy atom. The maximum atomic E-state index is 5.53. The third-order valence-electron chi connectivity index (χ3n) is 1.84. The molecule has 0 aliphatic rings. The van der Waals surface area contributed by atoms with Crippen LogP contribution in [-0.4, -0.2) is 9.78 Å². The van der Waals surface area contributed by atoms with Crippen molar-refractivity contribution in [1.29, 1.82) is 0 Å². The highest BCUT2D eigenvalue weighted by Crippen LogP contribution is 2.08. The molecule has 0 atom stereocenters. The van der Waals surface area contributed by atoms with Gasteiger partial charge in [-0.1, -0.05) is 12.1 Å². The molecular formula is C10H10N3. The second-order valence-electron chi connectivity index (χ2n) is 2.75. The Hall–Kier alpha value is -1.61. The van der Waals surface area contributed by atoms with E-state index in [-0.39, 0.29) is 0 Å². The Labute approximate surface area is 76.8 Å². The molecule has 3 nitrogen and oxygen atoms in total. The normalized spacial score (nSPS) is 10.2. The fraction of sp³-hybridized carbons (Fsp3) is 0.100. The van der Waals surface area contributed by atoms with E-state index < -0.39 is 0 Å². The van der Waals surface area contributed by atoms with Crippen LogP contribution in [0.15, 0.2) is 36.5 Å². The molecule has 3 heteroatoms. The molecule has 0 bridgehead atoms. The van der Waals surface area contributed by atoms with E-state index in [0.717, 1.165) is 11.3 Å². The zero-order valence-electron chi connectivity index (χ0n) is 7.14. The van der Waals surface area contributed by atoms with Crippen molar-refractivity contribution >= 4 is 0 Å². The molecule has 0 saturated heterocycles. The van der Waals surface area contributed by atoms with E-state index in [1.54, 1.807) is 16.9 Å². The Kier molecular flexibility index (Phi) is 2.10. The Balaban J connectivity index is 2.41. The molecule has 0 fully saturated rings. The minimum absolute atomic E-state index is 0.551. The van der Waals surface area contributed by atoms with Gasteiger partial charge in [0.1, 0.15) is 0 Å². The largest absolute Gasteiger partial charge is 0.326 e. The number of nitrogens with zero attached hydrogens (tertiary/aromatic N) is 2. The van der Waals surface area contributed by atoms with Gasteiger partial charge >= 0.3 is 0 Å². The molecule has 1 radical (unpaired) electrons. The summed E-state index contributed by atoms with van der Waals surface area (Å²) in [6.45, 7) is 0.551. The van der Waals surface area contributed by atoms with E-state index in [0.29, 0.717) is 6.54 Å². The van der Waals surface area contributed by atoms with E-state index in [1.165, 1.54) is 0 Å². The van der Waals surface area contributed by atoms with Gasteiger partial charge in [-0.3, -0.25) is 0 Å². The van der Waals surface area contributed by atoms with Gasteiger partial charge in [-0.25, -0.2) is 4.68 Å². The van der Waals surface area contributed by atoms with E-state index >= 15 is 0 Å². The molecular weight excluding hydrogens is 162 g/mol. The van der Waals surface area contributed by atoms with Gasteiger partial charge in [-0.2, -0.15) is 5.10 Å². The van der Waals surface area contributed by atoms with Crippen molar-refractivity contribution in [2.75, 3.05) is 0 Å². The maximum Gasteiger partial charge on any atom is 0.0926 e. The van der Waals surface area contributed by atoms with Gasteiger partial charge in [0.2, 0.25) is 0 Å². The van der Waals surface area contributed by atoms with Crippen molar-refractivity contribution in [3.05, 3.63) is 48.3 Å². The van der Waals surface area contributed by atoms with Gasteiger partial charge in [0.05, 0.1) is 18.1 Å². The van der Waals surface area contributed by atoms with Crippen molar-refractivity contribution in [2.45, 2.75) is 6.54 Å². The van der Waals surface area contributed by atoms with Crippen LogP contribution in [0.5, 0.6) is 0 Å². The summed E-state index contributed by atoms with van der Waals surface area (Å²) >= 11 is 0. The average molecular weight is 172 g/mol. The van der Waals surface area contributed by atoms with E-state index in [4.69, 9.17) is 5.73 Å². The highest BCUT2D eigenvalue weighted by atomic mass is 15.3. The van der Waals surface area contributed by atoms with Crippen LogP contribution in [0.3, 0.4) is 0 Å². The average Bonchev–Trinajstić information content (AvgIpc) is 2.71. The molecule has 0 unspecified atom stereocenters. The molecule has 13 heavy (non-hydrogen) atoms. The molecule has 0 amide bonds. The first-order valence-electron chi connectivity index (χ1n) is 4.11. The zero-order valence-corrected chi connectivity index (χ0v) is 7.14. The minimum atomic E-state index is 0.551. The molecule has 2 aromatic rings. The highest BCUT2D eigenvalue weighted by Gasteiger charge is 1.96. The van der Waals surface area contributed by atoms with Crippen molar-refractivity contribution in [2.24, 2.45) is 5.73 Å². The summed E-state index contributed by atoms with van der Waals surface area (Å²) in [4.78, 5) is 0. The first-order valence-corrected chi connectivity index (χ1v) is 4.11. The van der Waals surface area contributed by atoms with Gasteiger partial charge < -0.3 is 5.73 Å². The molecule has 1 aromatic carbocycles. The summed E-state index contributed by atoms with van der Waals surface area (Å²) in [7, 11) is 0. The summed E-state index contributed by atoms with van der Waals surface area (Å²) in [6, 6.07) is 9.71. The first kappa shape index (κ1) is 8.01. The third-order valence-corrected chi connectivity index (χ3v) is 1.84. The van der Waals surface area contributed by atoms with Crippen molar-refractivity contribution in [3.63, 3.8) is 0 Å². The molecule has 2 rings (SSSR count). The molecule has 0 saturated carbocycles. The lowest BCUT2D eigenvalue weighted by Gasteiger charge is -2.02. The van der Waals surface area contributed by atoms with Crippen molar-refractivity contribution in [3.8, 4) is 5.69 Å². The van der Waals surface area contributed by atoms with Crippen molar-refractivity contribution < 1.29 is 0 Å². The first-order chi connectivity index (χ1) is 6.40. The van der Waals surface area contributed by atoms with Crippen molar-refractivity contribution in [1.82, 2.24) is 9.78 Å². The lowest BCUT2D eigenvalue weighted by atomic mass is 10.2. The monoisotopic (exact) mass is 172 g/mol. The third kappa shape index (κ3) is 1.60. The van der Waals surface area contributed by atoms with Gasteiger partial charge in [-0.15, -0.1) is 0 Å². The Morgan fingerprint density at radius 1 is 1.46 bits per heavy atom. The number of rotatable bonds is 2. The summed E-state index contributed by atoms with van der Waals surface area (Å²) in [5.74, 6) is 0. The van der Waals surface area contributed by atoms with Gasteiger partial charge in [-0.05, 0) is 23.8 Å². The lowest BCUT2D eigenvalue weighted by molar-refractivity contribution is 0.870. The van der Waals surface area contributed by atoms with Crippen LogP contribution < -0.4 is 5.73 Å². The fourth-order valence-electron chi connectivity index (χ4n) is 1.19. The minimum Gasteiger partial charge on any atom is -0.326 e. The molecule has 1 aromatic heterocycles. The number of hydrogen-bond donors (Lipinski definition) is 1. The molecule has 1 heterocycles. The quantitative estimate of drug-likeness (QED) is 0.738. The van der Waals surface area contributed by atoms with Crippen LogP contribution in [0, 0.1) is 6.20 Å². The zero-order chi connectivity index (χ0) is 9.10. The fourth-order valence-corrected chi connectivity index (χ4v) is 1.19. The molecule has 65 valence electrons. The second kappa shape index (κ2) is 3.41. The SMILES string of the molecule is NCc1cccc(-n2[c]ccn2)c1. The number of benzene rings is 1. The summed E-state index contributed by atoms with van der Waals surface area (Å²) in [6.07, 6.45) is 4.67. The molecule has 0 aliphatic heterocycles. The molecule has 2 N–H and O–H groups in total. The van der Waals surface area contributed by atoms with Crippen LogP contribution in [0.1, 0.15) is 5.56 Å². The number of aromatic nitrogens is 2. The van der Waals surface area contributed by atoms with Crippen LogP contribution in [0.4, 0.5) is 0 Å². The summed E-state index contributed by atoms with van der Waals surface area (Å²) in [5, 5.41) is 4.08. The highest BCUT2D eigenvalue weighted by molar-refractivity contribution is 5.34. The van der Waals surface area contributed by atoms with E-state index in [9.17, 15) is 0 Å². The number of hydrogen-bond acceptors (Lipinski definition) is 2. The predicted octanol–water partition coefficient (Wildman–Crippen LogP) is 1.13. The predicted molar refractivity (Wildman–Crippen MR) is 50.3 cm³/mol. The van der Waals surface area contributed by atoms with Crippen LogP contribution in [0.25, 0.3) is 5.69 Å². The van der Waals surface area contributed by atoms with E-state index in [1.807, 2.05) is 24.3 Å². The smallest absolute Gasteiger partial charge is 0.0926 e. The van der Waals surface area contributed by atoms with Crippen LogP contribution in [0.2, 0.25) is 0 Å². The Morgan fingerprint density at radius 3 is 3.08 bits per heavy atom.